The third kappa shape index (κ3) is 3.33. The second-order valence-electron chi connectivity index (χ2n) is 4.30. The Morgan fingerprint density at radius 3 is 2.40 bits per heavy atom. The zero-order valence-electron chi connectivity index (χ0n) is 10.2. The molecule has 0 amide bonds. The fourth-order valence-electron chi connectivity index (χ4n) is 1.81. The highest BCUT2D eigenvalue weighted by Gasteiger charge is 2.31. The van der Waals surface area contributed by atoms with E-state index in [0.717, 1.165) is 12.1 Å². The summed E-state index contributed by atoms with van der Waals surface area (Å²) in [6.07, 6.45) is -3.14. The number of hydrogen-bond donors (Lipinski definition) is 0. The average molecular weight is 349 g/mol. The topological polar surface area (TPSA) is 25.8 Å². The van der Waals surface area contributed by atoms with Crippen molar-refractivity contribution in [3.63, 3.8) is 0 Å². The third-order valence-corrected chi connectivity index (χ3v) is 3.28. The minimum atomic E-state index is -4.58. The van der Waals surface area contributed by atoms with Crippen LogP contribution in [0, 0.1) is 5.82 Å². The van der Waals surface area contributed by atoms with Crippen LogP contribution in [0.25, 0.3) is 0 Å². The van der Waals surface area contributed by atoms with Crippen LogP contribution < -0.4 is 0 Å². The molecule has 2 rings (SSSR count). The van der Waals surface area contributed by atoms with Crippen molar-refractivity contribution in [2.24, 2.45) is 0 Å². The van der Waals surface area contributed by atoms with Gasteiger partial charge in [0.2, 0.25) is 0 Å². The summed E-state index contributed by atoms with van der Waals surface area (Å²) in [6, 6.07) is 4.16. The predicted octanol–water partition coefficient (Wildman–Crippen LogP) is 4.55. The molecule has 1 heterocycles. The SMILES string of the molecule is CC(c1cc(F)cc(C(F)(F)F)c1)c1cnnc(Br)c1. The third-order valence-electron chi connectivity index (χ3n) is 2.89. The minimum absolute atomic E-state index is 0.234. The molecule has 1 atom stereocenters. The summed E-state index contributed by atoms with van der Waals surface area (Å²) in [6.45, 7) is 1.68. The normalized spacial score (nSPS) is 13.3. The van der Waals surface area contributed by atoms with Crippen LogP contribution in [0.3, 0.4) is 0 Å². The lowest BCUT2D eigenvalue weighted by Crippen LogP contribution is -2.08. The molecule has 2 nitrogen and oxygen atoms in total. The molecule has 0 bridgehead atoms. The van der Waals surface area contributed by atoms with Crippen LogP contribution in [-0.2, 0) is 6.18 Å². The van der Waals surface area contributed by atoms with Crippen molar-refractivity contribution in [1.29, 1.82) is 0 Å². The van der Waals surface area contributed by atoms with Gasteiger partial charge in [0.1, 0.15) is 10.4 Å². The van der Waals surface area contributed by atoms with Gasteiger partial charge in [-0.2, -0.15) is 18.3 Å². The lowest BCUT2D eigenvalue weighted by molar-refractivity contribution is -0.137. The van der Waals surface area contributed by atoms with Crippen molar-refractivity contribution < 1.29 is 17.6 Å². The number of rotatable bonds is 2. The van der Waals surface area contributed by atoms with Gasteiger partial charge in [0.05, 0.1) is 11.8 Å². The second-order valence-corrected chi connectivity index (χ2v) is 5.12. The maximum absolute atomic E-state index is 13.4. The van der Waals surface area contributed by atoms with E-state index in [2.05, 4.69) is 26.1 Å². The van der Waals surface area contributed by atoms with Crippen molar-refractivity contribution in [3.05, 3.63) is 57.6 Å². The number of benzene rings is 1. The van der Waals surface area contributed by atoms with Crippen molar-refractivity contribution in [3.8, 4) is 0 Å². The van der Waals surface area contributed by atoms with Crippen LogP contribution in [-0.4, -0.2) is 10.2 Å². The van der Waals surface area contributed by atoms with Crippen molar-refractivity contribution in [1.82, 2.24) is 10.2 Å². The zero-order chi connectivity index (χ0) is 14.9. The first-order chi connectivity index (χ1) is 9.27. The molecule has 1 aromatic carbocycles. The number of alkyl halides is 3. The molecule has 2 aromatic rings. The molecule has 0 saturated heterocycles. The summed E-state index contributed by atoms with van der Waals surface area (Å²) in [7, 11) is 0. The fraction of sp³-hybridized carbons (Fsp3) is 0.231. The van der Waals surface area contributed by atoms with Gasteiger partial charge in [-0.25, -0.2) is 4.39 Å². The summed E-state index contributed by atoms with van der Waals surface area (Å²) in [5, 5.41) is 7.41. The van der Waals surface area contributed by atoms with Crippen molar-refractivity contribution in [2.45, 2.75) is 19.0 Å². The summed E-state index contributed by atoms with van der Waals surface area (Å²) >= 11 is 3.14. The van der Waals surface area contributed by atoms with Gasteiger partial charge in [0.15, 0.2) is 0 Å². The molecule has 1 unspecified atom stereocenters. The number of halogens is 5. The zero-order valence-corrected chi connectivity index (χ0v) is 11.8. The van der Waals surface area contributed by atoms with E-state index in [4.69, 9.17) is 0 Å². The lowest BCUT2D eigenvalue weighted by Gasteiger charge is -2.15. The first-order valence-corrected chi connectivity index (χ1v) is 6.42. The Hall–Kier alpha value is -1.50. The highest BCUT2D eigenvalue weighted by atomic mass is 79.9. The molecule has 1 aromatic heterocycles. The van der Waals surface area contributed by atoms with E-state index in [9.17, 15) is 17.6 Å². The Morgan fingerprint density at radius 2 is 1.80 bits per heavy atom. The largest absolute Gasteiger partial charge is 0.416 e. The van der Waals surface area contributed by atoms with E-state index in [1.54, 1.807) is 13.0 Å². The van der Waals surface area contributed by atoms with Crippen molar-refractivity contribution >= 4 is 15.9 Å². The van der Waals surface area contributed by atoms with E-state index >= 15 is 0 Å². The van der Waals surface area contributed by atoms with Gasteiger partial charge in [-0.3, -0.25) is 0 Å². The number of nitrogens with zero attached hydrogens (tertiary/aromatic N) is 2. The predicted molar refractivity (Wildman–Crippen MR) is 68.7 cm³/mol. The van der Waals surface area contributed by atoms with Crippen molar-refractivity contribution in [2.75, 3.05) is 0 Å². The Labute approximate surface area is 121 Å². The Kier molecular flexibility index (Phi) is 4.08. The first-order valence-electron chi connectivity index (χ1n) is 5.63. The van der Waals surface area contributed by atoms with Crippen LogP contribution in [0.2, 0.25) is 0 Å². The van der Waals surface area contributed by atoms with Crippen LogP contribution in [0.5, 0.6) is 0 Å². The molecule has 106 valence electrons. The average Bonchev–Trinajstić information content (AvgIpc) is 2.36. The maximum Gasteiger partial charge on any atom is 0.416 e. The molecule has 0 aliphatic rings. The van der Waals surface area contributed by atoms with Crippen LogP contribution in [0.1, 0.15) is 29.5 Å². The minimum Gasteiger partial charge on any atom is -0.207 e. The molecule has 0 radical (unpaired) electrons. The maximum atomic E-state index is 13.4. The molecular formula is C13H9BrF4N2. The fourth-order valence-corrected chi connectivity index (χ4v) is 2.17. The second kappa shape index (κ2) is 5.47. The van der Waals surface area contributed by atoms with Gasteiger partial charge in [-0.15, -0.1) is 5.10 Å². The van der Waals surface area contributed by atoms with Crippen LogP contribution in [0.15, 0.2) is 35.1 Å². The van der Waals surface area contributed by atoms with E-state index in [1.807, 2.05) is 0 Å². The summed E-state index contributed by atoms with van der Waals surface area (Å²) in [4.78, 5) is 0. The quantitative estimate of drug-likeness (QED) is 0.744. The summed E-state index contributed by atoms with van der Waals surface area (Å²) < 4.78 is 51.9. The van der Waals surface area contributed by atoms with Gasteiger partial charge in [0.25, 0.3) is 0 Å². The van der Waals surface area contributed by atoms with E-state index in [-0.39, 0.29) is 5.56 Å². The smallest absolute Gasteiger partial charge is 0.207 e. The highest BCUT2D eigenvalue weighted by Crippen LogP contribution is 2.33. The van der Waals surface area contributed by atoms with E-state index in [0.29, 0.717) is 16.2 Å². The Morgan fingerprint density at radius 1 is 1.10 bits per heavy atom. The standard InChI is InChI=1S/C13H9BrF4N2/c1-7(9-4-12(14)20-19-6-9)8-2-10(13(16,17)18)5-11(15)3-8/h2-7H,1H3. The molecule has 0 saturated carbocycles. The lowest BCUT2D eigenvalue weighted by atomic mass is 9.93. The molecule has 7 heteroatoms. The first kappa shape index (κ1) is 14.9. The summed E-state index contributed by atoms with van der Waals surface area (Å²) in [5.41, 5.74) is -0.122. The molecule has 0 spiro atoms. The van der Waals surface area contributed by atoms with Gasteiger partial charge in [0, 0.05) is 5.92 Å². The van der Waals surface area contributed by atoms with E-state index in [1.165, 1.54) is 6.20 Å². The van der Waals surface area contributed by atoms with E-state index < -0.39 is 23.5 Å². The van der Waals surface area contributed by atoms with Gasteiger partial charge in [-0.1, -0.05) is 6.92 Å². The van der Waals surface area contributed by atoms with Gasteiger partial charge < -0.3 is 0 Å². The number of aromatic nitrogens is 2. The van der Waals surface area contributed by atoms with Crippen LogP contribution in [0.4, 0.5) is 17.6 Å². The summed E-state index contributed by atoms with van der Waals surface area (Å²) in [5.74, 6) is -1.35. The molecular weight excluding hydrogens is 340 g/mol. The molecule has 20 heavy (non-hydrogen) atoms. The molecule has 0 fully saturated rings. The Bertz CT molecular complexity index is 628. The Balaban J connectivity index is 2.45. The number of hydrogen-bond acceptors (Lipinski definition) is 2. The molecule has 0 N–H and O–H groups in total. The molecule has 0 aliphatic heterocycles. The van der Waals surface area contributed by atoms with Crippen LogP contribution >= 0.6 is 15.9 Å². The highest BCUT2D eigenvalue weighted by molar-refractivity contribution is 9.10. The monoisotopic (exact) mass is 348 g/mol. The van der Waals surface area contributed by atoms with Gasteiger partial charge >= 0.3 is 6.18 Å². The van der Waals surface area contributed by atoms with Gasteiger partial charge in [-0.05, 0) is 51.3 Å². The molecule has 0 aliphatic carbocycles.